The summed E-state index contributed by atoms with van der Waals surface area (Å²) < 4.78 is 0.983. The summed E-state index contributed by atoms with van der Waals surface area (Å²) in [7, 11) is 0. The number of halogens is 2. The van der Waals surface area contributed by atoms with Crippen LogP contribution in [0.25, 0.3) is 0 Å². The second kappa shape index (κ2) is 6.77. The van der Waals surface area contributed by atoms with Crippen LogP contribution in [0.2, 0.25) is 5.02 Å². The predicted octanol–water partition coefficient (Wildman–Crippen LogP) is 4.73. The van der Waals surface area contributed by atoms with Crippen LogP contribution < -0.4 is 10.6 Å². The Bertz CT molecular complexity index is 631. The number of nitrogens with one attached hydrogen (secondary N) is 2. The van der Waals surface area contributed by atoms with Crippen LogP contribution in [0, 0.1) is 6.92 Å². The highest BCUT2D eigenvalue weighted by atomic mass is 79.9. The van der Waals surface area contributed by atoms with Crippen LogP contribution in [0.15, 0.2) is 46.9 Å². The molecule has 0 aliphatic rings. The standard InChI is InChI=1S/C15H14BrClN2O/c1-10-8-12(16)6-7-14(10)19-15(20)18-9-11-4-2-3-5-13(11)17/h2-8H,9H2,1H3,(H2,18,19,20). The van der Waals surface area contributed by atoms with Gasteiger partial charge in [-0.2, -0.15) is 0 Å². The average Bonchev–Trinajstić information content (AvgIpc) is 2.41. The van der Waals surface area contributed by atoms with Gasteiger partial charge in [-0.3, -0.25) is 0 Å². The fourth-order valence-electron chi connectivity index (χ4n) is 1.75. The van der Waals surface area contributed by atoms with Crippen molar-refractivity contribution in [1.82, 2.24) is 5.32 Å². The summed E-state index contributed by atoms with van der Waals surface area (Å²) in [6.45, 7) is 2.33. The summed E-state index contributed by atoms with van der Waals surface area (Å²) in [5.74, 6) is 0. The van der Waals surface area contributed by atoms with Crippen LogP contribution in [0.3, 0.4) is 0 Å². The van der Waals surface area contributed by atoms with Crippen LogP contribution in [-0.4, -0.2) is 6.03 Å². The molecule has 0 aliphatic carbocycles. The molecule has 2 amide bonds. The fourth-order valence-corrected chi connectivity index (χ4v) is 2.43. The first-order chi connectivity index (χ1) is 9.56. The summed E-state index contributed by atoms with van der Waals surface area (Å²) in [6, 6.07) is 12.9. The molecule has 0 saturated heterocycles. The molecule has 2 aromatic carbocycles. The van der Waals surface area contributed by atoms with Gasteiger partial charge >= 0.3 is 6.03 Å². The van der Waals surface area contributed by atoms with Gasteiger partial charge in [0.05, 0.1) is 0 Å². The Labute approximate surface area is 131 Å². The number of hydrogen-bond acceptors (Lipinski definition) is 1. The van der Waals surface area contributed by atoms with E-state index >= 15 is 0 Å². The number of carbonyl (C=O) groups is 1. The molecule has 104 valence electrons. The highest BCUT2D eigenvalue weighted by molar-refractivity contribution is 9.10. The van der Waals surface area contributed by atoms with E-state index in [-0.39, 0.29) is 6.03 Å². The Kier molecular flexibility index (Phi) is 5.04. The molecule has 0 bridgehead atoms. The molecular formula is C15H14BrClN2O. The maximum absolute atomic E-state index is 11.9. The van der Waals surface area contributed by atoms with Gasteiger partial charge in [0.1, 0.15) is 0 Å². The van der Waals surface area contributed by atoms with Crippen LogP contribution in [-0.2, 0) is 6.54 Å². The maximum Gasteiger partial charge on any atom is 0.319 e. The lowest BCUT2D eigenvalue weighted by Crippen LogP contribution is -2.28. The summed E-state index contributed by atoms with van der Waals surface area (Å²) in [6.07, 6.45) is 0. The quantitative estimate of drug-likeness (QED) is 0.822. The average molecular weight is 354 g/mol. The maximum atomic E-state index is 11.9. The van der Waals surface area contributed by atoms with Crippen molar-refractivity contribution in [2.24, 2.45) is 0 Å². The monoisotopic (exact) mass is 352 g/mol. The molecule has 0 unspecified atom stereocenters. The van der Waals surface area contributed by atoms with E-state index in [1.807, 2.05) is 43.3 Å². The van der Waals surface area contributed by atoms with Gasteiger partial charge in [0.2, 0.25) is 0 Å². The number of benzene rings is 2. The second-order valence-corrected chi connectivity index (χ2v) is 5.68. The first kappa shape index (κ1) is 14.9. The van der Waals surface area contributed by atoms with Gasteiger partial charge in [-0.05, 0) is 42.3 Å². The van der Waals surface area contributed by atoms with E-state index in [1.54, 1.807) is 6.07 Å². The number of carbonyl (C=O) groups excluding carboxylic acids is 1. The molecule has 3 nitrogen and oxygen atoms in total. The Morgan fingerprint density at radius 3 is 2.70 bits per heavy atom. The van der Waals surface area contributed by atoms with Crippen molar-refractivity contribution in [3.63, 3.8) is 0 Å². The van der Waals surface area contributed by atoms with E-state index in [0.29, 0.717) is 11.6 Å². The molecule has 0 spiro atoms. The van der Waals surface area contributed by atoms with Gasteiger partial charge in [-0.1, -0.05) is 45.7 Å². The normalized spacial score (nSPS) is 10.2. The fraction of sp³-hybridized carbons (Fsp3) is 0.133. The highest BCUT2D eigenvalue weighted by Gasteiger charge is 2.05. The Morgan fingerprint density at radius 1 is 1.25 bits per heavy atom. The topological polar surface area (TPSA) is 41.1 Å². The van der Waals surface area contributed by atoms with Crippen molar-refractivity contribution in [2.75, 3.05) is 5.32 Å². The lowest BCUT2D eigenvalue weighted by molar-refractivity contribution is 0.251. The zero-order chi connectivity index (χ0) is 14.5. The number of aryl methyl sites for hydroxylation is 1. The summed E-state index contributed by atoms with van der Waals surface area (Å²) in [4.78, 5) is 11.9. The van der Waals surface area contributed by atoms with Crippen molar-refractivity contribution in [3.05, 3.63) is 63.1 Å². The molecule has 0 aliphatic heterocycles. The lowest BCUT2D eigenvalue weighted by atomic mass is 10.2. The second-order valence-electron chi connectivity index (χ2n) is 4.36. The molecular weight excluding hydrogens is 340 g/mol. The van der Waals surface area contributed by atoms with Gasteiger partial charge in [0.15, 0.2) is 0 Å². The van der Waals surface area contributed by atoms with E-state index in [4.69, 9.17) is 11.6 Å². The number of rotatable bonds is 3. The van der Waals surface area contributed by atoms with Gasteiger partial charge < -0.3 is 10.6 Å². The largest absolute Gasteiger partial charge is 0.334 e. The van der Waals surface area contributed by atoms with E-state index in [9.17, 15) is 4.79 Å². The van der Waals surface area contributed by atoms with Crippen LogP contribution in [0.5, 0.6) is 0 Å². The van der Waals surface area contributed by atoms with Crippen LogP contribution >= 0.6 is 27.5 Å². The molecule has 0 fully saturated rings. The first-order valence-electron chi connectivity index (χ1n) is 6.10. The van der Waals surface area contributed by atoms with E-state index < -0.39 is 0 Å². The zero-order valence-electron chi connectivity index (χ0n) is 10.9. The molecule has 2 rings (SSSR count). The summed E-state index contributed by atoms with van der Waals surface area (Å²) in [5.41, 5.74) is 2.66. The molecule has 0 atom stereocenters. The third kappa shape index (κ3) is 3.99. The van der Waals surface area contributed by atoms with Crippen LogP contribution in [0.1, 0.15) is 11.1 Å². The SMILES string of the molecule is Cc1cc(Br)ccc1NC(=O)NCc1ccccc1Cl. The Balaban J connectivity index is 1.94. The van der Waals surface area contributed by atoms with E-state index in [2.05, 4.69) is 26.6 Å². The van der Waals surface area contributed by atoms with Crippen molar-refractivity contribution in [1.29, 1.82) is 0 Å². The van der Waals surface area contributed by atoms with Crippen LogP contribution in [0.4, 0.5) is 10.5 Å². The van der Waals surface area contributed by atoms with E-state index in [1.165, 1.54) is 0 Å². The lowest BCUT2D eigenvalue weighted by Gasteiger charge is -2.11. The smallest absolute Gasteiger partial charge is 0.319 e. The minimum atomic E-state index is -0.254. The molecule has 0 heterocycles. The van der Waals surface area contributed by atoms with Crippen molar-refractivity contribution < 1.29 is 4.79 Å². The van der Waals surface area contributed by atoms with E-state index in [0.717, 1.165) is 21.3 Å². The van der Waals surface area contributed by atoms with Crippen molar-refractivity contribution in [3.8, 4) is 0 Å². The zero-order valence-corrected chi connectivity index (χ0v) is 13.3. The molecule has 5 heteroatoms. The van der Waals surface area contributed by atoms with Gasteiger partial charge in [0, 0.05) is 21.7 Å². The van der Waals surface area contributed by atoms with Crippen molar-refractivity contribution >= 4 is 39.2 Å². The third-order valence-electron chi connectivity index (χ3n) is 2.83. The van der Waals surface area contributed by atoms with Gasteiger partial charge in [-0.15, -0.1) is 0 Å². The number of amides is 2. The number of urea groups is 1. The number of hydrogen-bond donors (Lipinski definition) is 2. The molecule has 0 aromatic heterocycles. The molecule has 0 radical (unpaired) electrons. The molecule has 0 saturated carbocycles. The summed E-state index contributed by atoms with van der Waals surface area (Å²) in [5, 5.41) is 6.24. The minimum Gasteiger partial charge on any atom is -0.334 e. The molecule has 20 heavy (non-hydrogen) atoms. The molecule has 2 N–H and O–H groups in total. The first-order valence-corrected chi connectivity index (χ1v) is 7.28. The highest BCUT2D eigenvalue weighted by Crippen LogP contribution is 2.20. The third-order valence-corrected chi connectivity index (χ3v) is 3.70. The van der Waals surface area contributed by atoms with Crippen molar-refractivity contribution in [2.45, 2.75) is 13.5 Å². The Morgan fingerprint density at radius 2 is 2.00 bits per heavy atom. The number of anilines is 1. The van der Waals surface area contributed by atoms with Gasteiger partial charge in [0.25, 0.3) is 0 Å². The molecule has 2 aromatic rings. The Hall–Kier alpha value is -1.52. The minimum absolute atomic E-state index is 0.254. The van der Waals surface area contributed by atoms with Gasteiger partial charge in [-0.25, -0.2) is 4.79 Å². The summed E-state index contributed by atoms with van der Waals surface area (Å²) >= 11 is 9.42. The predicted molar refractivity (Wildman–Crippen MR) is 86.2 cm³/mol.